The molecule has 0 aliphatic carbocycles. The van der Waals surface area contributed by atoms with Crippen LogP contribution >= 0.6 is 11.6 Å². The van der Waals surface area contributed by atoms with Crippen molar-refractivity contribution in [2.24, 2.45) is 0 Å². The van der Waals surface area contributed by atoms with Crippen molar-refractivity contribution in [1.29, 1.82) is 0 Å². The van der Waals surface area contributed by atoms with E-state index in [4.69, 9.17) is 11.6 Å². The normalized spacial score (nSPS) is 21.6. The number of carbonyl (C=O) groups excluding carboxylic acids is 2. The van der Waals surface area contributed by atoms with Crippen LogP contribution in [0.25, 0.3) is 0 Å². The smallest absolute Gasteiger partial charge is 0.246 e. The number of piperazine rings is 1. The molecule has 1 N–H and O–H groups in total. The monoisotopic (exact) mass is 312 g/mol. The average Bonchev–Trinajstić information content (AvgIpc) is 2.69. The van der Waals surface area contributed by atoms with Crippen LogP contribution in [0.4, 0.5) is 0 Å². The van der Waals surface area contributed by atoms with Crippen molar-refractivity contribution in [3.63, 3.8) is 0 Å². The molecule has 116 valence electrons. The third-order valence-electron chi connectivity index (χ3n) is 3.98. The number of amides is 2. The van der Waals surface area contributed by atoms with Crippen LogP contribution in [-0.2, 0) is 22.7 Å². The predicted octanol–water partition coefficient (Wildman–Crippen LogP) is 1.49. The molecule has 2 rings (SSSR count). The molecule has 1 saturated heterocycles. The van der Waals surface area contributed by atoms with Gasteiger partial charge in [0.25, 0.3) is 0 Å². The van der Waals surface area contributed by atoms with Crippen molar-refractivity contribution in [1.82, 2.24) is 20.0 Å². The molecule has 21 heavy (non-hydrogen) atoms. The van der Waals surface area contributed by atoms with E-state index >= 15 is 0 Å². The Bertz CT molecular complexity index is 594. The van der Waals surface area contributed by atoms with Gasteiger partial charge in [-0.2, -0.15) is 5.10 Å². The molecule has 0 spiro atoms. The summed E-state index contributed by atoms with van der Waals surface area (Å²) < 4.78 is 1.78. The molecule has 2 heterocycles. The van der Waals surface area contributed by atoms with Crippen molar-refractivity contribution in [2.45, 2.75) is 59.3 Å². The number of hydrogen-bond acceptors (Lipinski definition) is 3. The summed E-state index contributed by atoms with van der Waals surface area (Å²) in [5.41, 5.74) is 0.581. The topological polar surface area (TPSA) is 67.2 Å². The molecule has 1 unspecified atom stereocenters. The fraction of sp³-hybridized carbons (Fsp3) is 0.643. The van der Waals surface area contributed by atoms with Crippen molar-refractivity contribution in [3.05, 3.63) is 16.4 Å². The number of nitrogens with one attached hydrogen (secondary N) is 1. The first-order chi connectivity index (χ1) is 9.70. The van der Waals surface area contributed by atoms with Gasteiger partial charge in [0, 0.05) is 6.54 Å². The summed E-state index contributed by atoms with van der Waals surface area (Å²) in [6.07, 6.45) is 0. The Labute approximate surface area is 129 Å². The van der Waals surface area contributed by atoms with Gasteiger partial charge in [-0.15, -0.1) is 0 Å². The van der Waals surface area contributed by atoms with E-state index in [2.05, 4.69) is 10.4 Å². The molecule has 1 aliphatic rings. The molecule has 1 atom stereocenters. The van der Waals surface area contributed by atoms with E-state index in [1.54, 1.807) is 30.4 Å². The van der Waals surface area contributed by atoms with E-state index in [1.807, 2.05) is 13.8 Å². The molecule has 1 aromatic rings. The van der Waals surface area contributed by atoms with Crippen molar-refractivity contribution < 1.29 is 9.59 Å². The van der Waals surface area contributed by atoms with Gasteiger partial charge in [0.05, 0.1) is 23.0 Å². The minimum atomic E-state index is -0.913. The summed E-state index contributed by atoms with van der Waals surface area (Å²) in [7, 11) is 0. The molecule has 1 aromatic heterocycles. The molecular formula is C14H21ClN4O2. The van der Waals surface area contributed by atoms with E-state index in [9.17, 15) is 9.59 Å². The van der Waals surface area contributed by atoms with Gasteiger partial charge in [0.1, 0.15) is 11.6 Å². The summed E-state index contributed by atoms with van der Waals surface area (Å²) in [4.78, 5) is 26.2. The van der Waals surface area contributed by atoms with E-state index in [-0.39, 0.29) is 18.4 Å². The lowest BCUT2D eigenvalue weighted by molar-refractivity contribution is -0.155. The van der Waals surface area contributed by atoms with Gasteiger partial charge < -0.3 is 10.2 Å². The molecule has 1 aliphatic heterocycles. The molecule has 0 bridgehead atoms. The Morgan fingerprint density at radius 1 is 1.38 bits per heavy atom. The van der Waals surface area contributed by atoms with Crippen LogP contribution in [-0.4, -0.2) is 38.1 Å². The number of hydrogen-bond donors (Lipinski definition) is 1. The number of rotatable bonds is 3. The number of aromatic nitrogens is 2. The van der Waals surface area contributed by atoms with E-state index in [0.717, 1.165) is 11.4 Å². The maximum absolute atomic E-state index is 12.4. The van der Waals surface area contributed by atoms with Crippen LogP contribution in [0, 0.1) is 6.92 Å². The second-order valence-electron chi connectivity index (χ2n) is 5.84. The Balaban J connectivity index is 2.41. The largest absolute Gasteiger partial charge is 0.343 e. The standard InChI is InChI=1S/C14H21ClN4O2/c1-6-19-10(11(15)8(2)17-19)7-18-12(20)9(3)16-13(21)14(18,4)5/h9H,6-7H2,1-5H3,(H,16,21). The van der Waals surface area contributed by atoms with E-state index in [0.29, 0.717) is 11.6 Å². The Morgan fingerprint density at radius 2 is 2.00 bits per heavy atom. The quantitative estimate of drug-likeness (QED) is 0.919. The zero-order chi connectivity index (χ0) is 15.9. The van der Waals surface area contributed by atoms with Gasteiger partial charge in [-0.3, -0.25) is 14.3 Å². The Morgan fingerprint density at radius 3 is 2.57 bits per heavy atom. The molecular weight excluding hydrogens is 292 g/mol. The number of halogens is 1. The second kappa shape index (κ2) is 5.33. The SMILES string of the molecule is CCn1nc(C)c(Cl)c1CN1C(=O)C(C)NC(=O)C1(C)C. The van der Waals surface area contributed by atoms with Crippen LogP contribution in [0.1, 0.15) is 39.1 Å². The van der Waals surface area contributed by atoms with Crippen LogP contribution < -0.4 is 5.32 Å². The van der Waals surface area contributed by atoms with Crippen molar-refractivity contribution >= 4 is 23.4 Å². The number of aryl methyl sites for hydroxylation is 2. The molecule has 2 amide bonds. The molecule has 6 nitrogen and oxygen atoms in total. The number of carbonyl (C=O) groups is 2. The van der Waals surface area contributed by atoms with Crippen LogP contribution in [0.15, 0.2) is 0 Å². The third kappa shape index (κ3) is 2.52. The lowest BCUT2D eigenvalue weighted by atomic mass is 9.96. The van der Waals surface area contributed by atoms with Gasteiger partial charge in [-0.1, -0.05) is 11.6 Å². The fourth-order valence-electron chi connectivity index (χ4n) is 2.51. The lowest BCUT2D eigenvalue weighted by Crippen LogP contribution is -2.67. The minimum absolute atomic E-state index is 0.114. The zero-order valence-electron chi connectivity index (χ0n) is 13.0. The molecule has 0 radical (unpaired) electrons. The van der Waals surface area contributed by atoms with Gasteiger partial charge in [-0.05, 0) is 34.6 Å². The fourth-order valence-corrected chi connectivity index (χ4v) is 2.71. The molecule has 0 aromatic carbocycles. The maximum Gasteiger partial charge on any atom is 0.246 e. The Kier molecular flexibility index (Phi) is 4.02. The summed E-state index contributed by atoms with van der Waals surface area (Å²) in [6, 6.07) is -0.525. The predicted molar refractivity (Wildman–Crippen MR) is 79.9 cm³/mol. The van der Waals surface area contributed by atoms with Crippen molar-refractivity contribution in [2.75, 3.05) is 0 Å². The highest BCUT2D eigenvalue weighted by atomic mass is 35.5. The van der Waals surface area contributed by atoms with Crippen molar-refractivity contribution in [3.8, 4) is 0 Å². The molecule has 0 saturated carbocycles. The first-order valence-electron chi connectivity index (χ1n) is 7.04. The summed E-state index contributed by atoms with van der Waals surface area (Å²) >= 11 is 6.30. The maximum atomic E-state index is 12.4. The van der Waals surface area contributed by atoms with Gasteiger partial charge in [-0.25, -0.2) is 0 Å². The third-order valence-corrected chi connectivity index (χ3v) is 4.47. The Hall–Kier alpha value is -1.56. The van der Waals surface area contributed by atoms with Crippen LogP contribution in [0.3, 0.4) is 0 Å². The highest BCUT2D eigenvalue weighted by Gasteiger charge is 2.45. The molecule has 7 heteroatoms. The number of nitrogens with zero attached hydrogens (tertiary/aromatic N) is 3. The summed E-state index contributed by atoms with van der Waals surface area (Å²) in [5.74, 6) is -0.276. The van der Waals surface area contributed by atoms with E-state index < -0.39 is 11.6 Å². The van der Waals surface area contributed by atoms with E-state index in [1.165, 1.54) is 0 Å². The average molecular weight is 313 g/mol. The summed E-state index contributed by atoms with van der Waals surface area (Å²) in [5, 5.41) is 7.60. The first kappa shape index (κ1) is 15.8. The second-order valence-corrected chi connectivity index (χ2v) is 6.22. The molecule has 1 fully saturated rings. The highest BCUT2D eigenvalue weighted by molar-refractivity contribution is 6.31. The lowest BCUT2D eigenvalue weighted by Gasteiger charge is -2.43. The highest BCUT2D eigenvalue weighted by Crippen LogP contribution is 2.28. The van der Waals surface area contributed by atoms with Crippen LogP contribution in [0.2, 0.25) is 5.02 Å². The first-order valence-corrected chi connectivity index (χ1v) is 7.42. The van der Waals surface area contributed by atoms with Gasteiger partial charge in [0.2, 0.25) is 11.8 Å². The summed E-state index contributed by atoms with van der Waals surface area (Å²) in [6.45, 7) is 9.89. The zero-order valence-corrected chi connectivity index (χ0v) is 13.8. The minimum Gasteiger partial charge on any atom is -0.343 e. The van der Waals surface area contributed by atoms with Crippen LogP contribution in [0.5, 0.6) is 0 Å². The van der Waals surface area contributed by atoms with Gasteiger partial charge in [0.15, 0.2) is 0 Å². The van der Waals surface area contributed by atoms with Gasteiger partial charge >= 0.3 is 0 Å².